The zero-order valence-electron chi connectivity index (χ0n) is 5.01. The van der Waals surface area contributed by atoms with Crippen LogP contribution in [0.25, 0.3) is 0 Å². The molecule has 1 aromatic rings. The fraction of sp³-hybridized carbons (Fsp3) is 0. The average Bonchev–Trinajstić information content (AvgIpc) is 1.85. The summed E-state index contributed by atoms with van der Waals surface area (Å²) >= 11 is 6.59. The van der Waals surface area contributed by atoms with Gasteiger partial charge in [0, 0.05) is 8.95 Å². The topological polar surface area (TPSA) is 20.2 Å². The van der Waals surface area contributed by atoms with Gasteiger partial charge in [0.05, 0.1) is 0 Å². The van der Waals surface area contributed by atoms with Crippen LogP contribution in [0.5, 0.6) is 0 Å². The van der Waals surface area contributed by atoms with Crippen molar-refractivity contribution in [3.8, 4) is 0 Å². The number of halogens is 2. The maximum Gasteiger partial charge on any atom is 0.109 e. The van der Waals surface area contributed by atoms with Gasteiger partial charge in [-0.3, -0.25) is 0 Å². The van der Waals surface area contributed by atoms with E-state index in [2.05, 4.69) is 31.9 Å². The Labute approximate surface area is 76.3 Å². The summed E-state index contributed by atoms with van der Waals surface area (Å²) < 4.78 is 1.89. The van der Waals surface area contributed by atoms with Crippen LogP contribution in [0.4, 0.5) is 0 Å². The molecule has 1 N–H and O–H groups in total. The molecule has 0 spiro atoms. The van der Waals surface area contributed by atoms with Gasteiger partial charge in [-0.2, -0.15) is 0 Å². The van der Waals surface area contributed by atoms with Gasteiger partial charge in [-0.15, -0.1) is 0 Å². The molecule has 0 unspecified atom stereocenters. The highest BCUT2D eigenvalue weighted by Gasteiger charge is 1.94. The van der Waals surface area contributed by atoms with Gasteiger partial charge >= 0.3 is 0 Å². The van der Waals surface area contributed by atoms with Gasteiger partial charge in [-0.1, -0.05) is 31.9 Å². The maximum atomic E-state index is 8.62. The van der Waals surface area contributed by atoms with Crippen molar-refractivity contribution in [2.45, 2.75) is 0 Å². The lowest BCUT2D eigenvalue weighted by molar-refractivity contribution is 0.415. The van der Waals surface area contributed by atoms with Gasteiger partial charge < -0.3 is 5.11 Å². The van der Waals surface area contributed by atoms with Crippen molar-refractivity contribution in [1.29, 1.82) is 0 Å². The van der Waals surface area contributed by atoms with Gasteiger partial charge in [0.15, 0.2) is 0 Å². The monoisotopic (exact) mass is 263 g/mol. The number of rotatable bonds is 1. The predicted molar refractivity (Wildman–Crippen MR) is 47.2 cm³/mol. The Balaban J connectivity index is 3.06. The molecule has 0 atom stereocenters. The summed E-state index contributed by atoms with van der Waals surface area (Å²) in [6.45, 7) is 1.06. The van der Waals surface area contributed by atoms with Crippen LogP contribution in [0.1, 0.15) is 5.56 Å². The molecule has 3 heteroatoms. The van der Waals surface area contributed by atoms with Crippen molar-refractivity contribution in [3.05, 3.63) is 39.3 Å². The molecule has 1 radical (unpaired) electrons. The molecule has 1 nitrogen and oxygen atoms in total. The Bertz CT molecular complexity index is 215. The van der Waals surface area contributed by atoms with E-state index < -0.39 is 0 Å². The van der Waals surface area contributed by atoms with E-state index in [1.54, 1.807) is 0 Å². The summed E-state index contributed by atoms with van der Waals surface area (Å²) in [6, 6.07) is 5.56. The second-order valence-corrected chi connectivity index (χ2v) is 3.66. The zero-order chi connectivity index (χ0) is 7.56. The van der Waals surface area contributed by atoms with E-state index in [1.807, 2.05) is 18.2 Å². The van der Waals surface area contributed by atoms with Crippen molar-refractivity contribution in [2.24, 2.45) is 0 Å². The SMILES string of the molecule is O[CH]c1cc(Br)cc(Br)c1. The number of hydrogen-bond acceptors (Lipinski definition) is 1. The summed E-state index contributed by atoms with van der Waals surface area (Å²) in [4.78, 5) is 0. The largest absolute Gasteiger partial charge is 0.385 e. The number of aliphatic hydroxyl groups is 1. The zero-order valence-corrected chi connectivity index (χ0v) is 8.18. The smallest absolute Gasteiger partial charge is 0.109 e. The van der Waals surface area contributed by atoms with E-state index in [9.17, 15) is 0 Å². The minimum Gasteiger partial charge on any atom is -0.385 e. The first-order chi connectivity index (χ1) is 4.72. The molecule has 1 aromatic carbocycles. The third-order valence-corrected chi connectivity index (χ3v) is 1.95. The second kappa shape index (κ2) is 3.51. The van der Waals surface area contributed by atoms with Crippen LogP contribution in [0.3, 0.4) is 0 Å². The quantitative estimate of drug-likeness (QED) is 0.827. The lowest BCUT2D eigenvalue weighted by Crippen LogP contribution is -1.79. The minimum atomic E-state index is 0.779. The normalized spacial score (nSPS) is 9.90. The van der Waals surface area contributed by atoms with Crippen LogP contribution in [0.15, 0.2) is 27.1 Å². The molecule has 0 aromatic heterocycles. The molecule has 0 amide bonds. The highest BCUT2D eigenvalue weighted by Crippen LogP contribution is 2.20. The highest BCUT2D eigenvalue weighted by molar-refractivity contribution is 9.11. The first kappa shape index (κ1) is 8.24. The van der Waals surface area contributed by atoms with E-state index in [0.29, 0.717) is 0 Å². The Morgan fingerprint density at radius 1 is 1.10 bits per heavy atom. The van der Waals surface area contributed by atoms with Crippen molar-refractivity contribution in [2.75, 3.05) is 0 Å². The van der Waals surface area contributed by atoms with Crippen LogP contribution >= 0.6 is 31.9 Å². The molecular formula is C7H5Br2O. The summed E-state index contributed by atoms with van der Waals surface area (Å²) in [5.74, 6) is 0. The Morgan fingerprint density at radius 3 is 2.00 bits per heavy atom. The highest BCUT2D eigenvalue weighted by atomic mass is 79.9. The van der Waals surface area contributed by atoms with Crippen molar-refractivity contribution in [3.63, 3.8) is 0 Å². The third-order valence-electron chi connectivity index (χ3n) is 1.03. The molecule has 10 heavy (non-hydrogen) atoms. The standard InChI is InChI=1S/C7H5Br2O/c8-6-1-5(4-10)2-7(9)3-6/h1-4,10H. The number of aliphatic hydroxyl groups excluding tert-OH is 1. The predicted octanol–water partition coefficient (Wildman–Crippen LogP) is 3.09. The molecule has 1 rings (SSSR count). The molecule has 0 saturated carbocycles. The fourth-order valence-electron chi connectivity index (χ4n) is 0.650. The van der Waals surface area contributed by atoms with Gasteiger partial charge in [0.25, 0.3) is 0 Å². The summed E-state index contributed by atoms with van der Waals surface area (Å²) in [5.41, 5.74) is 0.779. The van der Waals surface area contributed by atoms with Crippen LogP contribution in [0.2, 0.25) is 0 Å². The number of benzene rings is 1. The van der Waals surface area contributed by atoms with Crippen molar-refractivity contribution in [1.82, 2.24) is 0 Å². The van der Waals surface area contributed by atoms with Crippen molar-refractivity contribution < 1.29 is 5.11 Å². The Kier molecular flexibility index (Phi) is 2.89. The minimum absolute atomic E-state index is 0.779. The van der Waals surface area contributed by atoms with Crippen LogP contribution in [0, 0.1) is 6.61 Å². The van der Waals surface area contributed by atoms with E-state index in [1.165, 1.54) is 0 Å². The van der Waals surface area contributed by atoms with Crippen LogP contribution < -0.4 is 0 Å². The van der Waals surface area contributed by atoms with Gasteiger partial charge in [-0.25, -0.2) is 0 Å². The Hall–Kier alpha value is 0.140. The van der Waals surface area contributed by atoms with E-state index >= 15 is 0 Å². The molecule has 0 aliphatic carbocycles. The lowest BCUT2D eigenvalue weighted by atomic mass is 10.2. The maximum absolute atomic E-state index is 8.62. The average molecular weight is 265 g/mol. The van der Waals surface area contributed by atoms with E-state index in [4.69, 9.17) is 5.11 Å². The molecule has 0 aliphatic heterocycles. The molecule has 0 fully saturated rings. The first-order valence-electron chi connectivity index (χ1n) is 2.66. The first-order valence-corrected chi connectivity index (χ1v) is 4.24. The molecule has 0 aliphatic rings. The van der Waals surface area contributed by atoms with Crippen molar-refractivity contribution >= 4 is 31.9 Å². The molecular weight excluding hydrogens is 260 g/mol. The van der Waals surface area contributed by atoms with Gasteiger partial charge in [-0.05, 0) is 23.8 Å². The van der Waals surface area contributed by atoms with Gasteiger partial charge in [0.2, 0.25) is 0 Å². The molecule has 0 bridgehead atoms. The molecule has 0 heterocycles. The van der Waals surface area contributed by atoms with E-state index in [-0.39, 0.29) is 0 Å². The number of hydrogen-bond donors (Lipinski definition) is 1. The van der Waals surface area contributed by atoms with Crippen LogP contribution in [-0.2, 0) is 0 Å². The molecule has 53 valence electrons. The van der Waals surface area contributed by atoms with Gasteiger partial charge in [0.1, 0.15) is 6.61 Å². The molecule has 0 saturated heterocycles. The van der Waals surface area contributed by atoms with E-state index in [0.717, 1.165) is 21.1 Å². The lowest BCUT2D eigenvalue weighted by Gasteiger charge is -1.96. The Morgan fingerprint density at radius 2 is 1.60 bits per heavy atom. The third kappa shape index (κ3) is 2.08. The summed E-state index contributed by atoms with van der Waals surface area (Å²) in [6.07, 6.45) is 0. The fourth-order valence-corrected chi connectivity index (χ4v) is 1.98. The second-order valence-electron chi connectivity index (χ2n) is 1.83. The van der Waals surface area contributed by atoms with Crippen LogP contribution in [-0.4, -0.2) is 5.11 Å². The summed E-state index contributed by atoms with van der Waals surface area (Å²) in [5, 5.41) is 8.62. The summed E-state index contributed by atoms with van der Waals surface area (Å²) in [7, 11) is 0.